The molecule has 1 aliphatic rings. The van der Waals surface area contributed by atoms with Gasteiger partial charge in [0.2, 0.25) is 0 Å². The number of hydrogen-bond acceptors (Lipinski definition) is 8. The zero-order chi connectivity index (χ0) is 14.8. The van der Waals surface area contributed by atoms with Crippen LogP contribution in [0, 0.1) is 5.92 Å². The summed E-state index contributed by atoms with van der Waals surface area (Å²) in [5, 5.41) is 12.6. The van der Waals surface area contributed by atoms with E-state index in [2.05, 4.69) is 20.3 Å². The molecule has 0 radical (unpaired) electrons. The van der Waals surface area contributed by atoms with Gasteiger partial charge in [-0.1, -0.05) is 0 Å². The van der Waals surface area contributed by atoms with Crippen LogP contribution in [-0.4, -0.2) is 43.7 Å². The van der Waals surface area contributed by atoms with Crippen molar-refractivity contribution in [1.82, 2.24) is 15.0 Å². The Balaban J connectivity index is 1.74. The van der Waals surface area contributed by atoms with Gasteiger partial charge in [0.05, 0.1) is 5.51 Å². The van der Waals surface area contributed by atoms with Crippen molar-refractivity contribution >= 4 is 35.8 Å². The fourth-order valence-corrected chi connectivity index (χ4v) is 3.75. The quantitative estimate of drug-likeness (QED) is 0.703. The van der Waals surface area contributed by atoms with E-state index in [1.165, 1.54) is 17.7 Å². The summed E-state index contributed by atoms with van der Waals surface area (Å²) in [7, 11) is -2.67. The highest BCUT2D eigenvalue weighted by Gasteiger charge is 2.40. The Bertz CT molecular complexity index is 654. The van der Waals surface area contributed by atoms with Gasteiger partial charge in [-0.2, -0.15) is 0 Å². The number of rotatable bonds is 5. The number of thiazole rings is 1. The first-order valence-corrected chi connectivity index (χ1v) is 8.43. The van der Waals surface area contributed by atoms with Gasteiger partial charge in [0.15, 0.2) is 5.82 Å². The fraction of sp³-hybridized carbons (Fsp3) is 0.545. The molecule has 2 aromatic heterocycles. The van der Waals surface area contributed by atoms with Gasteiger partial charge in [0.1, 0.15) is 22.8 Å². The van der Waals surface area contributed by atoms with Crippen LogP contribution in [0.15, 0.2) is 11.8 Å². The van der Waals surface area contributed by atoms with E-state index in [4.69, 9.17) is 9.42 Å². The van der Waals surface area contributed by atoms with Crippen LogP contribution in [0.3, 0.4) is 0 Å². The monoisotopic (exact) mass is 329 g/mol. The fourth-order valence-electron chi connectivity index (χ4n) is 2.63. The molecule has 0 saturated heterocycles. The van der Waals surface area contributed by atoms with Gasteiger partial charge in [-0.25, -0.2) is 15.0 Å². The Morgan fingerprint density at radius 2 is 2.29 bits per heavy atom. The van der Waals surface area contributed by atoms with Gasteiger partial charge in [-0.3, -0.25) is 0 Å². The molecule has 0 amide bonds. The number of nitrogens with zero attached hydrogens (tertiary/aromatic N) is 3. The van der Waals surface area contributed by atoms with Crippen LogP contribution in [-0.2, 0) is 9.09 Å². The zero-order valence-corrected chi connectivity index (χ0v) is 12.6. The smallest absolute Gasteiger partial charge is 0.396 e. The summed E-state index contributed by atoms with van der Waals surface area (Å²) in [5.41, 5.74) is 2.42. The van der Waals surface area contributed by atoms with Crippen LogP contribution in [0.5, 0.6) is 0 Å². The highest BCUT2D eigenvalue weighted by atomic mass is 32.1. The largest absolute Gasteiger partial charge is 0.695 e. The van der Waals surface area contributed by atoms with Crippen molar-refractivity contribution in [2.45, 2.75) is 25.0 Å². The lowest BCUT2D eigenvalue weighted by molar-refractivity contribution is 0.106. The van der Waals surface area contributed by atoms with Crippen molar-refractivity contribution in [2.75, 3.05) is 11.9 Å². The third-order valence-electron chi connectivity index (χ3n) is 3.57. The molecule has 1 fully saturated rings. The maximum Gasteiger partial charge on any atom is 0.695 e. The minimum absolute atomic E-state index is 0.00176. The molecule has 2 heterocycles. The molecule has 2 aromatic rings. The first kappa shape index (κ1) is 14.7. The average Bonchev–Trinajstić information content (AvgIpc) is 3.05. The van der Waals surface area contributed by atoms with Gasteiger partial charge in [-0.05, 0) is 12.8 Å². The second kappa shape index (κ2) is 6.25. The molecule has 1 saturated carbocycles. The molecule has 10 heteroatoms. The van der Waals surface area contributed by atoms with Crippen LogP contribution in [0.25, 0.3) is 10.3 Å². The van der Waals surface area contributed by atoms with Gasteiger partial charge in [0, 0.05) is 23.1 Å². The van der Waals surface area contributed by atoms with E-state index in [-0.39, 0.29) is 18.6 Å². The minimum atomic E-state index is -2.67. The van der Waals surface area contributed by atoms with Gasteiger partial charge in [0.25, 0.3) is 0 Å². The van der Waals surface area contributed by atoms with Gasteiger partial charge < -0.3 is 10.4 Å². The predicted molar refractivity (Wildman–Crippen MR) is 77.1 cm³/mol. The van der Waals surface area contributed by atoms with E-state index >= 15 is 0 Å². The minimum Gasteiger partial charge on any atom is -0.396 e. The molecular formula is C11H14N4O4PS+. The summed E-state index contributed by atoms with van der Waals surface area (Å²) in [6.07, 6.45) is 2.21. The molecule has 0 bridgehead atoms. The van der Waals surface area contributed by atoms with Crippen molar-refractivity contribution < 1.29 is 19.1 Å². The predicted octanol–water partition coefficient (Wildman–Crippen LogP) is 1.30. The maximum atomic E-state index is 10.8. The molecule has 2 unspecified atom stereocenters. The van der Waals surface area contributed by atoms with Gasteiger partial charge in [-0.15, -0.1) is 20.8 Å². The SMILES string of the molecule is O=[P+](O)O[C@H]1C[C@H](Nc2ncnc3scnc23)CC1CO. The van der Waals surface area contributed by atoms with Crippen LogP contribution in [0.1, 0.15) is 12.8 Å². The molecule has 0 aliphatic heterocycles. The van der Waals surface area contributed by atoms with Crippen molar-refractivity contribution in [1.29, 1.82) is 0 Å². The van der Waals surface area contributed by atoms with Crippen molar-refractivity contribution in [3.05, 3.63) is 11.8 Å². The molecule has 1 aliphatic carbocycles. The lowest BCUT2D eigenvalue weighted by Crippen LogP contribution is -2.18. The molecular weight excluding hydrogens is 315 g/mol. The Hall–Kier alpha value is -1.25. The third-order valence-corrected chi connectivity index (χ3v) is 4.75. The second-order valence-corrected chi connectivity index (χ2v) is 6.39. The first-order chi connectivity index (χ1) is 10.2. The van der Waals surface area contributed by atoms with Crippen LogP contribution in [0.4, 0.5) is 5.82 Å². The van der Waals surface area contributed by atoms with Crippen molar-refractivity contribution in [3.63, 3.8) is 0 Å². The zero-order valence-electron chi connectivity index (χ0n) is 10.9. The molecule has 3 N–H and O–H groups in total. The first-order valence-electron chi connectivity index (χ1n) is 6.42. The van der Waals surface area contributed by atoms with Crippen LogP contribution in [0.2, 0.25) is 0 Å². The second-order valence-electron chi connectivity index (χ2n) is 4.87. The Morgan fingerprint density at radius 3 is 3.05 bits per heavy atom. The highest BCUT2D eigenvalue weighted by molar-refractivity contribution is 7.32. The van der Waals surface area contributed by atoms with Crippen LogP contribution >= 0.6 is 19.6 Å². The van der Waals surface area contributed by atoms with E-state index in [0.717, 1.165) is 4.83 Å². The van der Waals surface area contributed by atoms with Crippen molar-refractivity contribution in [3.8, 4) is 0 Å². The molecule has 21 heavy (non-hydrogen) atoms. The standard InChI is InChI=1S/C11H13N4O4PS/c16-3-6-1-7(2-8(6)19-20(17)18)15-10-9-11(13-4-12-10)21-5-14-9/h4-8,16H,1-3H2,(H-,12,13,15,17,18)/p+1/t6?,7-,8+/m1/s1. The Morgan fingerprint density at radius 1 is 1.43 bits per heavy atom. The number of anilines is 1. The topological polar surface area (TPSA) is 117 Å². The number of nitrogens with one attached hydrogen (secondary N) is 1. The number of aliphatic hydroxyl groups excluding tert-OH is 1. The summed E-state index contributed by atoms with van der Waals surface area (Å²) in [5.74, 6) is 0.471. The summed E-state index contributed by atoms with van der Waals surface area (Å²) in [6, 6.07) is 0.00176. The van der Waals surface area contributed by atoms with E-state index in [9.17, 15) is 9.67 Å². The maximum absolute atomic E-state index is 10.8. The number of aromatic nitrogens is 3. The van der Waals surface area contributed by atoms with Crippen molar-refractivity contribution in [2.24, 2.45) is 5.92 Å². The third kappa shape index (κ3) is 3.17. The van der Waals surface area contributed by atoms with Gasteiger partial charge >= 0.3 is 8.25 Å². The normalized spacial score (nSPS) is 26.2. The Labute approximate surface area is 125 Å². The summed E-state index contributed by atoms with van der Waals surface area (Å²) in [6.45, 7) is -0.0814. The van der Waals surface area contributed by atoms with E-state index in [1.54, 1.807) is 5.51 Å². The highest BCUT2D eigenvalue weighted by Crippen LogP contribution is 2.36. The number of fused-ring (bicyclic) bond motifs is 1. The molecule has 0 aromatic carbocycles. The van der Waals surface area contributed by atoms with E-state index in [0.29, 0.717) is 24.2 Å². The summed E-state index contributed by atoms with van der Waals surface area (Å²) < 4.78 is 15.8. The number of hydrogen-bond donors (Lipinski definition) is 3. The molecule has 112 valence electrons. The average molecular weight is 329 g/mol. The summed E-state index contributed by atoms with van der Waals surface area (Å²) in [4.78, 5) is 22.2. The van der Waals surface area contributed by atoms with Crippen LogP contribution < -0.4 is 5.32 Å². The summed E-state index contributed by atoms with van der Waals surface area (Å²) >= 11 is 1.43. The molecule has 0 spiro atoms. The lowest BCUT2D eigenvalue weighted by Gasteiger charge is -2.12. The van der Waals surface area contributed by atoms with E-state index in [1.807, 2.05) is 0 Å². The molecule has 4 atom stereocenters. The molecule has 3 rings (SSSR count). The number of aliphatic hydroxyl groups is 1. The van der Waals surface area contributed by atoms with E-state index < -0.39 is 14.4 Å². The Kier molecular flexibility index (Phi) is 4.37. The lowest BCUT2D eigenvalue weighted by atomic mass is 10.1. The molecule has 8 nitrogen and oxygen atoms in total.